The maximum absolute atomic E-state index is 12.3. The normalized spacial score (nSPS) is 18.4. The predicted molar refractivity (Wildman–Crippen MR) is 184 cm³/mol. The molecule has 2 saturated carbocycles. The fraction of sp³-hybridized carbons (Fsp3) is 0.500. The Kier molecular flexibility index (Phi) is 12.4. The van der Waals surface area contributed by atoms with Crippen LogP contribution in [-0.4, -0.2) is 80.1 Å². The molecule has 3 aromatic rings. The van der Waals surface area contributed by atoms with E-state index in [-0.39, 0.29) is 30.3 Å². The molecule has 10 nitrogen and oxygen atoms in total. The smallest absolute Gasteiger partial charge is 0.220 e. The van der Waals surface area contributed by atoms with E-state index >= 15 is 0 Å². The van der Waals surface area contributed by atoms with E-state index in [0.29, 0.717) is 35.5 Å². The SMILES string of the molecule is CC(CCCC(=O)NCC(O)C(O)C(O)C(O)CO)c1cc(Cl)c(CNC2(c3cnccc3-c3ccccc3OC3CC3)CC2)cc1Cl. The van der Waals surface area contributed by atoms with E-state index in [1.807, 2.05) is 49.6 Å². The van der Waals surface area contributed by atoms with Gasteiger partial charge in [-0.25, -0.2) is 0 Å². The summed E-state index contributed by atoms with van der Waals surface area (Å²) in [7, 11) is 0. The van der Waals surface area contributed by atoms with Crippen LogP contribution in [0.4, 0.5) is 0 Å². The molecule has 260 valence electrons. The van der Waals surface area contributed by atoms with Crippen molar-refractivity contribution in [3.8, 4) is 16.9 Å². The summed E-state index contributed by atoms with van der Waals surface area (Å²) in [4.78, 5) is 16.8. The number of aromatic nitrogens is 1. The van der Waals surface area contributed by atoms with Crippen LogP contribution >= 0.6 is 23.2 Å². The van der Waals surface area contributed by atoms with E-state index in [1.165, 1.54) is 0 Å². The second-order valence-electron chi connectivity index (χ2n) is 13.0. The fourth-order valence-corrected chi connectivity index (χ4v) is 6.54. The highest BCUT2D eigenvalue weighted by atomic mass is 35.5. The summed E-state index contributed by atoms with van der Waals surface area (Å²) in [5, 5.41) is 55.4. The molecular formula is C36H45Cl2N3O7. The third-order valence-corrected chi connectivity index (χ3v) is 9.95. The minimum absolute atomic E-state index is 0.0259. The number of rotatable bonds is 18. The molecule has 48 heavy (non-hydrogen) atoms. The molecule has 0 spiro atoms. The number of amides is 1. The van der Waals surface area contributed by atoms with E-state index in [1.54, 1.807) is 0 Å². The van der Waals surface area contributed by atoms with Crippen molar-refractivity contribution in [3.05, 3.63) is 81.6 Å². The van der Waals surface area contributed by atoms with Gasteiger partial charge in [0, 0.05) is 53.1 Å². The Morgan fingerprint density at radius 3 is 2.46 bits per heavy atom. The molecule has 7 N–H and O–H groups in total. The van der Waals surface area contributed by atoms with Gasteiger partial charge in [0.1, 0.15) is 24.1 Å². The van der Waals surface area contributed by atoms with Gasteiger partial charge in [-0.15, -0.1) is 0 Å². The monoisotopic (exact) mass is 701 g/mol. The number of aliphatic hydroxyl groups excluding tert-OH is 5. The van der Waals surface area contributed by atoms with Crippen molar-refractivity contribution in [2.24, 2.45) is 0 Å². The number of benzene rings is 2. The minimum Gasteiger partial charge on any atom is -0.490 e. The van der Waals surface area contributed by atoms with E-state index in [2.05, 4.69) is 27.8 Å². The van der Waals surface area contributed by atoms with Gasteiger partial charge >= 0.3 is 0 Å². The average Bonchev–Trinajstić information content (AvgIpc) is 4.04. The lowest BCUT2D eigenvalue weighted by Gasteiger charge is -2.25. The molecule has 2 aliphatic carbocycles. The molecule has 0 radical (unpaired) electrons. The highest BCUT2D eigenvalue weighted by Gasteiger charge is 2.46. The number of hydrogen-bond acceptors (Lipinski definition) is 9. The lowest BCUT2D eigenvalue weighted by molar-refractivity contribution is -0.126. The number of carbonyl (C=O) groups excluding carboxylic acids is 1. The Hall–Kier alpha value is -2.80. The molecule has 0 saturated heterocycles. The first-order valence-corrected chi connectivity index (χ1v) is 17.3. The van der Waals surface area contributed by atoms with Gasteiger partial charge in [-0.1, -0.05) is 48.3 Å². The molecule has 5 unspecified atom stereocenters. The molecule has 1 aromatic heterocycles. The van der Waals surface area contributed by atoms with Gasteiger partial charge in [0.2, 0.25) is 5.91 Å². The molecule has 1 amide bonds. The first kappa shape index (κ1) is 36.5. The Morgan fingerprint density at radius 2 is 1.75 bits per heavy atom. The molecule has 2 aliphatic rings. The lowest BCUT2D eigenvalue weighted by atomic mass is 9.93. The number of ether oxygens (including phenoxy) is 1. The zero-order chi connectivity index (χ0) is 34.4. The van der Waals surface area contributed by atoms with Crippen LogP contribution in [0.3, 0.4) is 0 Å². The van der Waals surface area contributed by atoms with E-state index in [4.69, 9.17) is 33.0 Å². The predicted octanol–water partition coefficient (Wildman–Crippen LogP) is 4.20. The topological polar surface area (TPSA) is 164 Å². The van der Waals surface area contributed by atoms with Crippen molar-refractivity contribution in [2.45, 2.75) is 100 Å². The van der Waals surface area contributed by atoms with Crippen LogP contribution in [0.1, 0.15) is 74.5 Å². The molecule has 5 rings (SSSR count). The Morgan fingerprint density at radius 1 is 1.02 bits per heavy atom. The Labute approximate surface area is 291 Å². The Balaban J connectivity index is 1.15. The van der Waals surface area contributed by atoms with Gasteiger partial charge in [-0.05, 0) is 91.0 Å². The summed E-state index contributed by atoms with van der Waals surface area (Å²) in [6.45, 7) is 1.46. The number of nitrogens with one attached hydrogen (secondary N) is 2. The van der Waals surface area contributed by atoms with E-state index in [9.17, 15) is 25.2 Å². The molecule has 5 atom stereocenters. The van der Waals surface area contributed by atoms with Gasteiger partial charge in [0.15, 0.2) is 0 Å². The first-order valence-electron chi connectivity index (χ1n) is 16.6. The fourth-order valence-electron chi connectivity index (χ4n) is 5.93. The van der Waals surface area contributed by atoms with Crippen LogP contribution in [0.15, 0.2) is 54.9 Å². The van der Waals surface area contributed by atoms with E-state index < -0.39 is 31.0 Å². The standard InChI is InChI=1S/C36H45Cl2N3O7/c1-21(5-4-8-33(45)40-19-30(43)34(46)35(47)31(44)20-42)26-16-28(37)22(15-29(26)38)17-41-36(12-13-36)27-18-39-14-11-24(27)25-6-2-3-7-32(25)48-23-9-10-23/h2-3,6-7,11,14-16,18,21,23,30-31,34-35,41-44,46-47H,4-5,8-10,12-13,17,19-20H2,1H3,(H,40,45). The van der Waals surface area contributed by atoms with Gasteiger partial charge in [0.25, 0.3) is 0 Å². The summed E-state index contributed by atoms with van der Waals surface area (Å²) in [6, 6.07) is 14.0. The highest BCUT2D eigenvalue weighted by molar-refractivity contribution is 6.34. The summed E-state index contributed by atoms with van der Waals surface area (Å²) in [5.41, 5.74) is 4.87. The quantitative estimate of drug-likeness (QED) is 0.103. The molecule has 2 aromatic carbocycles. The minimum atomic E-state index is -1.75. The number of carbonyl (C=O) groups is 1. The van der Waals surface area contributed by atoms with Crippen molar-refractivity contribution < 1.29 is 35.1 Å². The third-order valence-electron chi connectivity index (χ3n) is 9.27. The molecule has 12 heteroatoms. The lowest BCUT2D eigenvalue weighted by Crippen LogP contribution is -2.49. The zero-order valence-electron chi connectivity index (χ0n) is 27.0. The summed E-state index contributed by atoms with van der Waals surface area (Å²) in [5.74, 6) is 0.591. The molecule has 1 heterocycles. The second-order valence-corrected chi connectivity index (χ2v) is 13.8. The number of para-hydroxylation sites is 1. The average molecular weight is 703 g/mol. The first-order chi connectivity index (χ1) is 23.0. The molecular weight excluding hydrogens is 657 g/mol. The van der Waals surface area contributed by atoms with Crippen molar-refractivity contribution >= 4 is 29.1 Å². The van der Waals surface area contributed by atoms with Crippen LogP contribution in [-0.2, 0) is 16.9 Å². The van der Waals surface area contributed by atoms with Crippen molar-refractivity contribution in [1.29, 1.82) is 0 Å². The van der Waals surface area contributed by atoms with E-state index in [0.717, 1.165) is 59.3 Å². The number of aliphatic hydroxyl groups is 5. The van der Waals surface area contributed by atoms with Gasteiger partial charge in [0.05, 0.1) is 18.8 Å². The van der Waals surface area contributed by atoms with Crippen LogP contribution in [0.25, 0.3) is 11.1 Å². The van der Waals surface area contributed by atoms with Crippen LogP contribution in [0, 0.1) is 0 Å². The second kappa shape index (κ2) is 16.3. The van der Waals surface area contributed by atoms with Gasteiger partial charge < -0.3 is 40.9 Å². The summed E-state index contributed by atoms with van der Waals surface area (Å²) < 4.78 is 6.24. The molecule has 2 fully saturated rings. The molecule has 0 aliphatic heterocycles. The number of nitrogens with zero attached hydrogens (tertiary/aromatic N) is 1. The third kappa shape index (κ3) is 9.05. The van der Waals surface area contributed by atoms with Crippen molar-refractivity contribution in [1.82, 2.24) is 15.6 Å². The number of pyridine rings is 1. The van der Waals surface area contributed by atoms with Crippen LogP contribution in [0.5, 0.6) is 5.75 Å². The zero-order valence-corrected chi connectivity index (χ0v) is 28.5. The van der Waals surface area contributed by atoms with Gasteiger partial charge in [-0.2, -0.15) is 0 Å². The van der Waals surface area contributed by atoms with Crippen LogP contribution < -0.4 is 15.4 Å². The maximum atomic E-state index is 12.3. The van der Waals surface area contributed by atoms with Crippen molar-refractivity contribution in [3.63, 3.8) is 0 Å². The largest absolute Gasteiger partial charge is 0.490 e. The van der Waals surface area contributed by atoms with Gasteiger partial charge in [-0.3, -0.25) is 9.78 Å². The number of hydrogen-bond donors (Lipinski definition) is 7. The number of halogens is 2. The highest BCUT2D eigenvalue weighted by Crippen LogP contribution is 2.50. The maximum Gasteiger partial charge on any atom is 0.220 e. The summed E-state index contributed by atoms with van der Waals surface area (Å²) >= 11 is 13.6. The molecule has 0 bridgehead atoms. The van der Waals surface area contributed by atoms with Crippen molar-refractivity contribution in [2.75, 3.05) is 13.2 Å². The summed E-state index contributed by atoms with van der Waals surface area (Å²) in [6.07, 6.45) is 2.98. The Bertz CT molecular complexity index is 1550. The van der Waals surface area contributed by atoms with Crippen LogP contribution in [0.2, 0.25) is 10.0 Å².